The summed E-state index contributed by atoms with van der Waals surface area (Å²) >= 11 is 0. The third-order valence-corrected chi connectivity index (χ3v) is 3.91. The molecule has 2 N–H and O–H groups in total. The molecule has 1 atom stereocenters. The van der Waals surface area contributed by atoms with E-state index >= 15 is 0 Å². The van der Waals surface area contributed by atoms with Gasteiger partial charge in [0.1, 0.15) is 0 Å². The highest BCUT2D eigenvalue weighted by Crippen LogP contribution is 2.18. The summed E-state index contributed by atoms with van der Waals surface area (Å²) in [6, 6.07) is 0.0574. The van der Waals surface area contributed by atoms with Crippen LogP contribution in [0.25, 0.3) is 0 Å². The summed E-state index contributed by atoms with van der Waals surface area (Å²) in [7, 11) is 5.35. The Bertz CT molecular complexity index is 379. The van der Waals surface area contributed by atoms with Crippen LogP contribution in [0.3, 0.4) is 0 Å². The molecule has 1 amide bonds. The van der Waals surface area contributed by atoms with Gasteiger partial charge in [0, 0.05) is 47.4 Å². The molecule has 1 aliphatic rings. The van der Waals surface area contributed by atoms with Crippen LogP contribution >= 0.6 is 24.0 Å². The number of likely N-dealkylation sites (tertiary alicyclic amines) is 1. The van der Waals surface area contributed by atoms with Gasteiger partial charge in [0.05, 0.1) is 12.6 Å². The number of halogens is 1. The maximum atomic E-state index is 12.2. The molecule has 0 aliphatic carbocycles. The van der Waals surface area contributed by atoms with Gasteiger partial charge in [-0.25, -0.2) is 0 Å². The van der Waals surface area contributed by atoms with E-state index in [2.05, 4.69) is 27.4 Å². The summed E-state index contributed by atoms with van der Waals surface area (Å²) in [4.78, 5) is 20.7. The van der Waals surface area contributed by atoms with Gasteiger partial charge in [-0.2, -0.15) is 0 Å². The molecule has 1 saturated heterocycles. The molecule has 0 saturated carbocycles. The van der Waals surface area contributed by atoms with Crippen molar-refractivity contribution >= 4 is 35.8 Å². The summed E-state index contributed by atoms with van der Waals surface area (Å²) in [5.41, 5.74) is 0. The topological polar surface area (TPSA) is 69.2 Å². The second kappa shape index (κ2) is 13.7. The smallest absolute Gasteiger partial charge is 0.239 e. The summed E-state index contributed by atoms with van der Waals surface area (Å²) in [6.07, 6.45) is 3.04. The average Bonchev–Trinajstić information content (AvgIpc) is 2.99. The minimum atomic E-state index is 0. The molecule has 1 rings (SSSR count). The van der Waals surface area contributed by atoms with Crippen LogP contribution in [0.15, 0.2) is 4.99 Å². The minimum Gasteiger partial charge on any atom is -0.383 e. The number of aliphatic imine (C=N–C) groups is 1. The fourth-order valence-corrected chi connectivity index (χ4v) is 2.75. The van der Waals surface area contributed by atoms with E-state index < -0.39 is 0 Å². The maximum Gasteiger partial charge on any atom is 0.239 e. The summed E-state index contributed by atoms with van der Waals surface area (Å²) in [5, 5.41) is 6.45. The molecule has 0 spiro atoms. The molecule has 1 unspecified atom stereocenters. The Hall–Kier alpha value is -0.610. The molecular weight excluding hydrogens is 421 g/mol. The molecule has 142 valence electrons. The number of carbonyl (C=O) groups excluding carboxylic acids is 1. The minimum absolute atomic E-state index is 0. The van der Waals surface area contributed by atoms with Gasteiger partial charge >= 0.3 is 0 Å². The van der Waals surface area contributed by atoms with Crippen molar-refractivity contribution in [2.45, 2.75) is 32.2 Å². The monoisotopic (exact) mass is 455 g/mol. The van der Waals surface area contributed by atoms with Gasteiger partial charge < -0.3 is 20.3 Å². The Morgan fingerprint density at radius 3 is 2.75 bits per heavy atom. The van der Waals surface area contributed by atoms with Gasteiger partial charge in [0.2, 0.25) is 5.91 Å². The van der Waals surface area contributed by atoms with E-state index in [9.17, 15) is 4.79 Å². The van der Waals surface area contributed by atoms with Crippen LogP contribution in [0.5, 0.6) is 0 Å². The molecule has 24 heavy (non-hydrogen) atoms. The number of hydrogen-bond donors (Lipinski definition) is 2. The van der Waals surface area contributed by atoms with Crippen LogP contribution in [0, 0.1) is 0 Å². The van der Waals surface area contributed by atoms with Gasteiger partial charge in [0.25, 0.3) is 0 Å². The first-order valence-electron chi connectivity index (χ1n) is 8.56. The van der Waals surface area contributed by atoms with Crippen LogP contribution in [-0.2, 0) is 9.53 Å². The molecule has 0 aromatic carbocycles. The lowest BCUT2D eigenvalue weighted by Gasteiger charge is -2.25. The van der Waals surface area contributed by atoms with Gasteiger partial charge in [-0.1, -0.05) is 0 Å². The zero-order chi connectivity index (χ0) is 17.1. The Labute approximate surface area is 163 Å². The number of nitrogens with zero attached hydrogens (tertiary/aromatic N) is 3. The van der Waals surface area contributed by atoms with Crippen molar-refractivity contribution in [3.05, 3.63) is 0 Å². The standard InChI is InChI=1S/C16H33N5O2.HI/c1-5-17-16(19-10-13-23-4)18-9-7-12-21-11-6-8-14(21)15(22)20(2)3;/h14H,5-13H2,1-4H3,(H2,17,18,19);1H. The molecule has 1 aliphatic heterocycles. The van der Waals surface area contributed by atoms with Crippen LogP contribution < -0.4 is 10.6 Å². The molecule has 0 aromatic heterocycles. The Morgan fingerprint density at radius 2 is 2.12 bits per heavy atom. The van der Waals surface area contributed by atoms with Gasteiger partial charge in [-0.15, -0.1) is 24.0 Å². The number of ether oxygens (including phenoxy) is 1. The Kier molecular flexibility index (Phi) is 13.3. The summed E-state index contributed by atoms with van der Waals surface area (Å²) < 4.78 is 5.03. The van der Waals surface area contributed by atoms with E-state index in [1.807, 2.05) is 14.1 Å². The molecule has 0 radical (unpaired) electrons. The fraction of sp³-hybridized carbons (Fsp3) is 0.875. The van der Waals surface area contributed by atoms with Crippen molar-refractivity contribution in [3.8, 4) is 0 Å². The number of methoxy groups -OCH3 is 1. The second-order valence-corrected chi connectivity index (χ2v) is 5.96. The van der Waals surface area contributed by atoms with Crippen LogP contribution in [-0.4, -0.2) is 88.2 Å². The van der Waals surface area contributed by atoms with Gasteiger partial charge in [-0.3, -0.25) is 14.7 Å². The van der Waals surface area contributed by atoms with Crippen molar-refractivity contribution in [3.63, 3.8) is 0 Å². The predicted molar refractivity (Wildman–Crippen MR) is 109 cm³/mol. The van der Waals surface area contributed by atoms with E-state index in [1.54, 1.807) is 12.0 Å². The molecule has 0 bridgehead atoms. The zero-order valence-electron chi connectivity index (χ0n) is 15.5. The first-order valence-corrected chi connectivity index (χ1v) is 8.56. The number of amides is 1. The van der Waals surface area contributed by atoms with Crippen LogP contribution in [0.2, 0.25) is 0 Å². The Morgan fingerprint density at radius 1 is 1.38 bits per heavy atom. The van der Waals surface area contributed by atoms with Crippen LogP contribution in [0.4, 0.5) is 0 Å². The number of nitrogens with one attached hydrogen (secondary N) is 2. The van der Waals surface area contributed by atoms with Crippen molar-refractivity contribution in [2.75, 3.05) is 60.5 Å². The van der Waals surface area contributed by atoms with Crippen molar-refractivity contribution in [1.29, 1.82) is 0 Å². The SMILES string of the molecule is CCNC(=NCCCN1CCCC1C(=O)N(C)C)NCCOC.I. The molecule has 7 nitrogen and oxygen atoms in total. The third kappa shape index (κ3) is 8.48. The first kappa shape index (κ1) is 23.4. The maximum absolute atomic E-state index is 12.2. The fourth-order valence-electron chi connectivity index (χ4n) is 2.75. The molecular formula is C16H34IN5O2. The average molecular weight is 455 g/mol. The number of hydrogen-bond acceptors (Lipinski definition) is 4. The van der Waals surface area contributed by atoms with E-state index in [-0.39, 0.29) is 35.9 Å². The van der Waals surface area contributed by atoms with Gasteiger partial charge in [-0.05, 0) is 32.7 Å². The largest absolute Gasteiger partial charge is 0.383 e. The van der Waals surface area contributed by atoms with E-state index in [0.717, 1.165) is 57.9 Å². The third-order valence-electron chi connectivity index (χ3n) is 3.91. The highest BCUT2D eigenvalue weighted by Gasteiger charge is 2.30. The molecule has 8 heteroatoms. The highest BCUT2D eigenvalue weighted by atomic mass is 127. The zero-order valence-corrected chi connectivity index (χ0v) is 17.8. The summed E-state index contributed by atoms with van der Waals surface area (Å²) in [6.45, 7) is 6.98. The lowest BCUT2D eigenvalue weighted by molar-refractivity contribution is -0.133. The first-order chi connectivity index (χ1) is 11.1. The second-order valence-electron chi connectivity index (χ2n) is 5.96. The molecule has 1 fully saturated rings. The highest BCUT2D eigenvalue weighted by molar-refractivity contribution is 14.0. The van der Waals surface area contributed by atoms with Crippen molar-refractivity contribution in [1.82, 2.24) is 20.4 Å². The number of rotatable bonds is 9. The number of carbonyl (C=O) groups is 1. The quantitative estimate of drug-likeness (QED) is 0.233. The number of guanidine groups is 1. The van der Waals surface area contributed by atoms with E-state index in [1.165, 1.54) is 0 Å². The normalized spacial score (nSPS) is 18.2. The van der Waals surface area contributed by atoms with Crippen molar-refractivity contribution in [2.24, 2.45) is 4.99 Å². The van der Waals surface area contributed by atoms with Crippen LogP contribution in [0.1, 0.15) is 26.2 Å². The lowest BCUT2D eigenvalue weighted by Crippen LogP contribution is -2.43. The Balaban J connectivity index is 0.00000529. The van der Waals surface area contributed by atoms with E-state index in [4.69, 9.17) is 4.74 Å². The lowest BCUT2D eigenvalue weighted by atomic mass is 10.2. The predicted octanol–water partition coefficient (Wildman–Crippen LogP) is 0.749. The molecule has 1 heterocycles. The van der Waals surface area contributed by atoms with E-state index in [0.29, 0.717) is 6.61 Å². The molecule has 0 aromatic rings. The summed E-state index contributed by atoms with van der Waals surface area (Å²) in [5.74, 6) is 1.05. The van der Waals surface area contributed by atoms with Crippen molar-refractivity contribution < 1.29 is 9.53 Å². The number of likely N-dealkylation sites (N-methyl/N-ethyl adjacent to an activating group) is 1. The van der Waals surface area contributed by atoms with Gasteiger partial charge in [0.15, 0.2) is 5.96 Å².